The molecule has 0 unspecified atom stereocenters. The van der Waals surface area contributed by atoms with Gasteiger partial charge in [0, 0.05) is 0 Å². The Balaban J connectivity index is 0.000000147. The molecule has 0 radical (unpaired) electrons. The van der Waals surface area contributed by atoms with Crippen molar-refractivity contribution < 1.29 is 13.2 Å². The Morgan fingerprint density at radius 3 is 0.861 bits per heavy atom. The lowest BCUT2D eigenvalue weighted by molar-refractivity contribution is -0.137. The van der Waals surface area contributed by atoms with Gasteiger partial charge in [-0.2, -0.15) is 13.2 Å². The molecule has 0 aliphatic heterocycles. The van der Waals surface area contributed by atoms with Crippen LogP contribution in [0.25, 0.3) is 0 Å². The fourth-order valence-electron chi connectivity index (χ4n) is 13.6. The van der Waals surface area contributed by atoms with Gasteiger partial charge >= 0.3 is 6.18 Å². The highest BCUT2D eigenvalue weighted by Gasteiger charge is 2.48. The lowest BCUT2D eigenvalue weighted by atomic mass is 9.58. The van der Waals surface area contributed by atoms with E-state index in [1.807, 2.05) is 6.07 Å². The second-order valence-electron chi connectivity index (χ2n) is 24.6. The third kappa shape index (κ3) is 13.0. The zero-order chi connectivity index (χ0) is 52.2. The van der Waals surface area contributed by atoms with Crippen LogP contribution in [0.2, 0.25) is 0 Å². The summed E-state index contributed by atoms with van der Waals surface area (Å²) in [6.07, 6.45) is 18.7. The second-order valence-corrected chi connectivity index (χ2v) is 24.6. The van der Waals surface area contributed by atoms with E-state index in [2.05, 4.69) is 191 Å². The van der Waals surface area contributed by atoms with E-state index in [1.54, 1.807) is 22.3 Å². The summed E-state index contributed by atoms with van der Waals surface area (Å²) in [7, 11) is 0. The molecule has 0 aromatic heterocycles. The standard InChI is InChI=1S/C15H22.2C14H20.C13H15F3.C13H18/c1-13(2)15(11-7-4-8-12-15)14-9-5-3-6-10-14;1-11(2)14(9-4-10-14)13-7-5-12(3)6-8-13;1-12(2)14(10-6-7-11-14)13-8-4-3-5-9-13;1-9(2)12(6-7-12)10-4-3-5-11(8-10)13(14,15)16;1-11(2)13(9-6-10-13)12-7-4-3-5-8-12/h3,5-6,9-10,13H,4,7-8,11-12H2,1-2H3;5-8,11H,4,9-10H2,1-3H3;3-5,8-9,12H,6-7,10-11H2,1-2H3;3-5,8-9H,6-7H2,1-2H3;3-5,7-8,11H,6,9-10H2,1-2H3. The first-order chi connectivity index (χ1) is 34.3. The smallest absolute Gasteiger partial charge is 0.166 e. The molecule has 5 fully saturated rings. The van der Waals surface area contributed by atoms with Gasteiger partial charge in [-0.15, -0.1) is 0 Å². The maximum absolute atomic E-state index is 12.6. The molecule has 72 heavy (non-hydrogen) atoms. The minimum atomic E-state index is -4.23. The first kappa shape index (κ1) is 57.2. The van der Waals surface area contributed by atoms with E-state index in [4.69, 9.17) is 0 Å². The summed E-state index contributed by atoms with van der Waals surface area (Å²) >= 11 is 0. The van der Waals surface area contributed by atoms with Gasteiger partial charge in [0.05, 0.1) is 5.56 Å². The van der Waals surface area contributed by atoms with Crippen LogP contribution < -0.4 is 0 Å². The normalized spacial score (nSPS) is 19.8. The molecule has 0 atom stereocenters. The fourth-order valence-corrected chi connectivity index (χ4v) is 13.6. The van der Waals surface area contributed by atoms with Crippen LogP contribution in [-0.4, -0.2) is 0 Å². The van der Waals surface area contributed by atoms with Gasteiger partial charge in [0.2, 0.25) is 0 Å². The molecule has 0 spiro atoms. The van der Waals surface area contributed by atoms with Crippen LogP contribution in [0.1, 0.15) is 217 Å². The van der Waals surface area contributed by atoms with Gasteiger partial charge in [-0.05, 0) is 162 Å². The fraction of sp³-hybridized carbons (Fsp3) is 0.565. The molecule has 0 N–H and O–H groups in total. The highest BCUT2D eigenvalue weighted by atomic mass is 19.4. The molecule has 5 aromatic carbocycles. The first-order valence-electron chi connectivity index (χ1n) is 28.7. The Morgan fingerprint density at radius 2 is 0.583 bits per heavy atom. The molecule has 0 saturated heterocycles. The average Bonchev–Trinajstić information content (AvgIpc) is 4.02. The van der Waals surface area contributed by atoms with E-state index in [9.17, 15) is 13.2 Å². The molecule has 5 aliphatic rings. The molecular formula is C69H95F3. The lowest BCUT2D eigenvalue weighted by Crippen LogP contribution is -2.39. The minimum absolute atomic E-state index is 0.00125. The topological polar surface area (TPSA) is 0 Å². The zero-order valence-corrected chi connectivity index (χ0v) is 46.8. The molecule has 0 amide bonds. The van der Waals surface area contributed by atoms with Gasteiger partial charge < -0.3 is 0 Å². The number of hydrogen-bond donors (Lipinski definition) is 0. The van der Waals surface area contributed by atoms with Crippen LogP contribution in [0.5, 0.6) is 0 Å². The Hall–Kier alpha value is -4.11. The molecule has 0 bridgehead atoms. The van der Waals surface area contributed by atoms with Crippen LogP contribution in [0.4, 0.5) is 13.2 Å². The van der Waals surface area contributed by atoms with Gasteiger partial charge in [-0.1, -0.05) is 253 Å². The maximum atomic E-state index is 12.6. The molecule has 5 aliphatic carbocycles. The van der Waals surface area contributed by atoms with Crippen LogP contribution >= 0.6 is 0 Å². The van der Waals surface area contributed by atoms with Crippen molar-refractivity contribution in [2.45, 2.75) is 219 Å². The second kappa shape index (κ2) is 24.9. The SMILES string of the molecule is CC(C)C1(c2cccc(C(F)(F)F)c2)CC1.CC(C)C1(c2ccccc2)CCC1.CC(C)C1(c2ccccc2)CCCC1.CC(C)C1(c2ccccc2)CCCCC1.Cc1ccc(C2(C(C)C)CCC2)cc1. The highest BCUT2D eigenvalue weighted by molar-refractivity contribution is 5.37. The molecule has 5 saturated carbocycles. The quantitative estimate of drug-likeness (QED) is 0.131. The Morgan fingerprint density at radius 1 is 0.306 bits per heavy atom. The highest BCUT2D eigenvalue weighted by Crippen LogP contribution is 2.55. The number of benzene rings is 5. The van der Waals surface area contributed by atoms with E-state index in [0.717, 1.165) is 48.1 Å². The maximum Gasteiger partial charge on any atom is 0.416 e. The van der Waals surface area contributed by atoms with Crippen molar-refractivity contribution in [3.63, 3.8) is 0 Å². The molecule has 3 heteroatoms. The number of halogens is 3. The van der Waals surface area contributed by atoms with Gasteiger partial charge in [0.1, 0.15) is 0 Å². The predicted octanol–water partition coefficient (Wildman–Crippen LogP) is 20.9. The third-order valence-electron chi connectivity index (χ3n) is 19.5. The summed E-state index contributed by atoms with van der Waals surface area (Å²) in [5.41, 5.74) is 9.91. The predicted molar refractivity (Wildman–Crippen MR) is 303 cm³/mol. The summed E-state index contributed by atoms with van der Waals surface area (Å²) < 4.78 is 37.7. The largest absolute Gasteiger partial charge is 0.416 e. The van der Waals surface area contributed by atoms with E-state index in [1.165, 1.54) is 114 Å². The van der Waals surface area contributed by atoms with Crippen molar-refractivity contribution in [2.75, 3.05) is 0 Å². The summed E-state index contributed by atoms with van der Waals surface area (Å²) in [6.45, 7) is 25.3. The summed E-state index contributed by atoms with van der Waals surface area (Å²) in [5.74, 6) is 3.49. The van der Waals surface area contributed by atoms with Crippen LogP contribution in [0, 0.1) is 36.5 Å². The van der Waals surface area contributed by atoms with E-state index >= 15 is 0 Å². The number of aryl methyl sites for hydroxylation is 1. The summed E-state index contributed by atoms with van der Waals surface area (Å²) in [4.78, 5) is 0. The van der Waals surface area contributed by atoms with Gasteiger partial charge in [-0.25, -0.2) is 0 Å². The average molecular weight is 982 g/mol. The van der Waals surface area contributed by atoms with Crippen molar-refractivity contribution in [1.82, 2.24) is 0 Å². The van der Waals surface area contributed by atoms with E-state index in [-0.39, 0.29) is 5.41 Å². The van der Waals surface area contributed by atoms with Crippen molar-refractivity contribution >= 4 is 0 Å². The molecule has 10 rings (SSSR count). The van der Waals surface area contributed by atoms with Crippen molar-refractivity contribution in [3.05, 3.63) is 178 Å². The number of rotatable bonds is 10. The van der Waals surface area contributed by atoms with E-state index < -0.39 is 11.7 Å². The van der Waals surface area contributed by atoms with Crippen molar-refractivity contribution in [2.24, 2.45) is 29.6 Å². The number of alkyl halides is 3. The van der Waals surface area contributed by atoms with Gasteiger partial charge in [0.15, 0.2) is 0 Å². The molecular weight excluding hydrogens is 886 g/mol. The molecule has 0 nitrogen and oxygen atoms in total. The first-order valence-corrected chi connectivity index (χ1v) is 28.7. The molecule has 392 valence electrons. The van der Waals surface area contributed by atoms with Gasteiger partial charge in [0.25, 0.3) is 0 Å². The third-order valence-corrected chi connectivity index (χ3v) is 19.5. The Bertz CT molecular complexity index is 2310. The molecule has 5 aromatic rings. The number of hydrogen-bond acceptors (Lipinski definition) is 0. The van der Waals surface area contributed by atoms with Crippen molar-refractivity contribution in [1.29, 1.82) is 0 Å². The van der Waals surface area contributed by atoms with Gasteiger partial charge in [-0.3, -0.25) is 0 Å². The summed E-state index contributed by atoms with van der Waals surface area (Å²) in [5, 5.41) is 0. The monoisotopic (exact) mass is 981 g/mol. The van der Waals surface area contributed by atoms with Crippen LogP contribution in [-0.2, 0) is 33.3 Å². The van der Waals surface area contributed by atoms with Crippen LogP contribution in [0.15, 0.2) is 140 Å². The van der Waals surface area contributed by atoms with E-state index in [0.29, 0.717) is 27.6 Å². The summed E-state index contributed by atoms with van der Waals surface area (Å²) in [6, 6.07) is 48.2. The Labute approximate surface area is 437 Å². The van der Waals surface area contributed by atoms with Crippen molar-refractivity contribution in [3.8, 4) is 0 Å². The zero-order valence-electron chi connectivity index (χ0n) is 46.8. The molecule has 0 heterocycles. The lowest BCUT2D eigenvalue weighted by Gasteiger charge is -2.46. The Kier molecular flexibility index (Phi) is 19.8. The minimum Gasteiger partial charge on any atom is -0.166 e. The van der Waals surface area contributed by atoms with Crippen LogP contribution in [0.3, 0.4) is 0 Å².